The number of nitrogens with zero attached hydrogens (tertiary/aromatic N) is 1. The lowest BCUT2D eigenvalue weighted by molar-refractivity contribution is -0.116. The molecule has 2 amide bonds. The predicted octanol–water partition coefficient (Wildman–Crippen LogP) is 5.06. The van der Waals surface area contributed by atoms with E-state index in [0.29, 0.717) is 33.8 Å². The SMILES string of the molecule is COc1cc(C(=O)N(C)CC(=O)Nc2ccc(C)cc2)cc(Br)c1OCc1ccccc1. The number of nitrogens with one attached hydrogen (secondary N) is 1. The van der Waals surface area contributed by atoms with Crippen LogP contribution in [0.15, 0.2) is 71.2 Å². The molecule has 6 nitrogen and oxygen atoms in total. The third-order valence-corrected chi connectivity index (χ3v) is 5.35. The Morgan fingerprint density at radius 2 is 1.72 bits per heavy atom. The molecular formula is C25H25BrN2O4. The van der Waals surface area contributed by atoms with Crippen LogP contribution >= 0.6 is 15.9 Å². The lowest BCUT2D eigenvalue weighted by Crippen LogP contribution is -2.35. The first kappa shape index (κ1) is 23.3. The van der Waals surface area contributed by atoms with Gasteiger partial charge in [-0.2, -0.15) is 0 Å². The van der Waals surface area contributed by atoms with Gasteiger partial charge in [-0.1, -0.05) is 48.0 Å². The molecule has 166 valence electrons. The van der Waals surface area contributed by atoms with Crippen molar-refractivity contribution in [3.8, 4) is 11.5 Å². The number of methoxy groups -OCH3 is 1. The van der Waals surface area contributed by atoms with Gasteiger partial charge in [0.15, 0.2) is 11.5 Å². The van der Waals surface area contributed by atoms with E-state index in [1.165, 1.54) is 12.0 Å². The van der Waals surface area contributed by atoms with Crippen molar-refractivity contribution in [3.05, 3.63) is 87.9 Å². The van der Waals surface area contributed by atoms with E-state index in [4.69, 9.17) is 9.47 Å². The summed E-state index contributed by atoms with van der Waals surface area (Å²) in [6.45, 7) is 2.25. The van der Waals surface area contributed by atoms with Gasteiger partial charge in [0.1, 0.15) is 6.61 Å². The van der Waals surface area contributed by atoms with Crippen molar-refractivity contribution >= 4 is 33.4 Å². The highest BCUT2D eigenvalue weighted by molar-refractivity contribution is 9.10. The van der Waals surface area contributed by atoms with Crippen LogP contribution in [0.1, 0.15) is 21.5 Å². The van der Waals surface area contributed by atoms with Crippen LogP contribution in [0.2, 0.25) is 0 Å². The molecule has 3 rings (SSSR count). The smallest absolute Gasteiger partial charge is 0.254 e. The molecule has 0 aliphatic heterocycles. The van der Waals surface area contributed by atoms with Gasteiger partial charge in [0.2, 0.25) is 5.91 Å². The summed E-state index contributed by atoms with van der Waals surface area (Å²) in [5.74, 6) is 0.347. The van der Waals surface area contributed by atoms with Crippen LogP contribution in [0.25, 0.3) is 0 Å². The minimum absolute atomic E-state index is 0.0844. The van der Waals surface area contributed by atoms with E-state index in [0.717, 1.165) is 11.1 Å². The van der Waals surface area contributed by atoms with Crippen LogP contribution in [0.3, 0.4) is 0 Å². The maximum atomic E-state index is 12.9. The van der Waals surface area contributed by atoms with Gasteiger partial charge < -0.3 is 19.7 Å². The summed E-state index contributed by atoms with van der Waals surface area (Å²) in [4.78, 5) is 26.6. The van der Waals surface area contributed by atoms with Gasteiger partial charge >= 0.3 is 0 Å². The summed E-state index contributed by atoms with van der Waals surface area (Å²) in [5, 5.41) is 2.79. The summed E-state index contributed by atoms with van der Waals surface area (Å²) in [7, 11) is 3.10. The van der Waals surface area contributed by atoms with Crippen LogP contribution in [0.4, 0.5) is 5.69 Å². The van der Waals surface area contributed by atoms with Crippen molar-refractivity contribution in [2.75, 3.05) is 26.0 Å². The summed E-state index contributed by atoms with van der Waals surface area (Å²) >= 11 is 3.48. The first-order chi connectivity index (χ1) is 15.4. The highest BCUT2D eigenvalue weighted by Gasteiger charge is 2.20. The van der Waals surface area contributed by atoms with Crippen molar-refractivity contribution in [2.45, 2.75) is 13.5 Å². The second-order valence-corrected chi connectivity index (χ2v) is 8.19. The van der Waals surface area contributed by atoms with Crippen LogP contribution in [0.5, 0.6) is 11.5 Å². The van der Waals surface area contributed by atoms with Crippen molar-refractivity contribution in [3.63, 3.8) is 0 Å². The lowest BCUT2D eigenvalue weighted by Gasteiger charge is -2.19. The zero-order chi connectivity index (χ0) is 23.1. The molecule has 0 bridgehead atoms. The van der Waals surface area contributed by atoms with Crippen LogP contribution < -0.4 is 14.8 Å². The summed E-state index contributed by atoms with van der Waals surface area (Å²) in [6.07, 6.45) is 0. The van der Waals surface area contributed by atoms with Gasteiger partial charge in [0.05, 0.1) is 18.1 Å². The Balaban J connectivity index is 1.67. The number of amides is 2. The number of rotatable bonds is 8. The lowest BCUT2D eigenvalue weighted by atomic mass is 10.1. The Hall–Kier alpha value is -3.32. The third-order valence-electron chi connectivity index (χ3n) is 4.77. The van der Waals surface area contributed by atoms with Gasteiger partial charge in [-0.25, -0.2) is 0 Å². The molecule has 0 aliphatic rings. The van der Waals surface area contributed by atoms with Crippen molar-refractivity contribution in [2.24, 2.45) is 0 Å². The van der Waals surface area contributed by atoms with E-state index in [9.17, 15) is 9.59 Å². The highest BCUT2D eigenvalue weighted by atomic mass is 79.9. The van der Waals surface area contributed by atoms with Crippen molar-refractivity contribution in [1.29, 1.82) is 0 Å². The van der Waals surface area contributed by atoms with Crippen LogP contribution in [0, 0.1) is 6.92 Å². The predicted molar refractivity (Wildman–Crippen MR) is 128 cm³/mol. The van der Waals surface area contributed by atoms with E-state index in [2.05, 4.69) is 21.2 Å². The molecule has 0 radical (unpaired) electrons. The molecule has 0 aliphatic carbocycles. The molecule has 0 spiro atoms. The number of likely N-dealkylation sites (N-methyl/N-ethyl adjacent to an activating group) is 1. The molecule has 0 saturated heterocycles. The van der Waals surface area contributed by atoms with E-state index in [1.54, 1.807) is 19.2 Å². The molecular weight excluding hydrogens is 472 g/mol. The van der Waals surface area contributed by atoms with Crippen LogP contribution in [-0.4, -0.2) is 37.4 Å². The van der Waals surface area contributed by atoms with Crippen molar-refractivity contribution in [1.82, 2.24) is 4.90 Å². The molecule has 0 unspecified atom stereocenters. The molecule has 0 saturated carbocycles. The minimum Gasteiger partial charge on any atom is -0.493 e. The minimum atomic E-state index is -0.308. The number of hydrogen-bond donors (Lipinski definition) is 1. The maximum Gasteiger partial charge on any atom is 0.254 e. The zero-order valence-electron chi connectivity index (χ0n) is 18.2. The molecule has 0 heterocycles. The van der Waals surface area contributed by atoms with Gasteiger partial charge in [0, 0.05) is 18.3 Å². The van der Waals surface area contributed by atoms with E-state index >= 15 is 0 Å². The fourth-order valence-corrected chi connectivity index (χ4v) is 3.61. The Morgan fingerprint density at radius 1 is 1.03 bits per heavy atom. The quantitative estimate of drug-likeness (QED) is 0.473. The number of ether oxygens (including phenoxy) is 2. The molecule has 0 fully saturated rings. The van der Waals surface area contributed by atoms with Gasteiger partial charge in [-0.05, 0) is 52.7 Å². The first-order valence-corrected chi connectivity index (χ1v) is 10.8. The van der Waals surface area contributed by atoms with Crippen LogP contribution in [-0.2, 0) is 11.4 Å². The topological polar surface area (TPSA) is 67.9 Å². The monoisotopic (exact) mass is 496 g/mol. The number of anilines is 1. The largest absolute Gasteiger partial charge is 0.493 e. The summed E-state index contributed by atoms with van der Waals surface area (Å²) in [5.41, 5.74) is 3.18. The highest BCUT2D eigenvalue weighted by Crippen LogP contribution is 2.37. The fourth-order valence-electron chi connectivity index (χ4n) is 3.06. The Morgan fingerprint density at radius 3 is 2.38 bits per heavy atom. The molecule has 3 aromatic carbocycles. The number of carbonyl (C=O) groups is 2. The summed E-state index contributed by atoms with van der Waals surface area (Å²) < 4.78 is 12.0. The molecule has 3 aromatic rings. The standard InChI is InChI=1S/C25H25BrN2O4/c1-17-9-11-20(12-10-17)27-23(29)15-28(2)25(30)19-13-21(26)24(22(14-19)31-3)32-16-18-7-5-4-6-8-18/h4-14H,15-16H2,1-3H3,(H,27,29). The number of aryl methyl sites for hydroxylation is 1. The van der Waals surface area contributed by atoms with E-state index < -0.39 is 0 Å². The second kappa shape index (κ2) is 10.8. The average Bonchev–Trinajstić information content (AvgIpc) is 2.79. The normalized spacial score (nSPS) is 10.4. The number of benzene rings is 3. The Labute approximate surface area is 196 Å². The Kier molecular flexibility index (Phi) is 7.89. The van der Waals surface area contributed by atoms with E-state index in [1.807, 2.05) is 61.5 Å². The first-order valence-electron chi connectivity index (χ1n) is 10.0. The number of carbonyl (C=O) groups excluding carboxylic acids is 2. The Bertz CT molecular complexity index is 1090. The van der Waals surface area contributed by atoms with Gasteiger partial charge in [0.25, 0.3) is 5.91 Å². The molecule has 7 heteroatoms. The number of halogens is 1. The molecule has 32 heavy (non-hydrogen) atoms. The number of hydrogen-bond acceptors (Lipinski definition) is 4. The molecule has 1 N–H and O–H groups in total. The maximum absolute atomic E-state index is 12.9. The summed E-state index contributed by atoms with van der Waals surface area (Å²) in [6, 6.07) is 20.5. The van der Waals surface area contributed by atoms with E-state index in [-0.39, 0.29) is 18.4 Å². The zero-order valence-corrected chi connectivity index (χ0v) is 19.8. The third kappa shape index (κ3) is 6.11. The van der Waals surface area contributed by atoms with Gasteiger partial charge in [-0.3, -0.25) is 9.59 Å². The average molecular weight is 497 g/mol. The fraction of sp³-hybridized carbons (Fsp3) is 0.200. The molecule has 0 atom stereocenters. The second-order valence-electron chi connectivity index (χ2n) is 7.34. The van der Waals surface area contributed by atoms with Gasteiger partial charge in [-0.15, -0.1) is 0 Å². The van der Waals surface area contributed by atoms with Crippen molar-refractivity contribution < 1.29 is 19.1 Å². The molecule has 0 aromatic heterocycles.